The minimum absolute atomic E-state index is 0.106. The zero-order valence-electron chi connectivity index (χ0n) is 8.09. The van der Waals surface area contributed by atoms with Crippen LogP contribution in [-0.2, 0) is 0 Å². The molecule has 0 spiro atoms. The number of rotatable bonds is 2. The van der Waals surface area contributed by atoms with Crippen LogP contribution >= 0.6 is 0 Å². The van der Waals surface area contributed by atoms with Gasteiger partial charge in [-0.3, -0.25) is 0 Å². The van der Waals surface area contributed by atoms with E-state index < -0.39 is 0 Å². The molecule has 0 N–H and O–H groups in total. The van der Waals surface area contributed by atoms with Gasteiger partial charge in [-0.25, -0.2) is 0 Å². The van der Waals surface area contributed by atoms with E-state index in [1.54, 1.807) is 4.40 Å². The van der Waals surface area contributed by atoms with Crippen molar-refractivity contribution in [1.29, 1.82) is 0 Å². The molecule has 0 aliphatic carbocycles. The van der Waals surface area contributed by atoms with Crippen molar-refractivity contribution in [3.63, 3.8) is 0 Å². The van der Waals surface area contributed by atoms with Crippen molar-refractivity contribution < 1.29 is 0 Å². The third-order valence-electron chi connectivity index (χ3n) is 1.60. The summed E-state index contributed by atoms with van der Waals surface area (Å²) in [5, 5.41) is 1.39. The molecule has 0 unspecified atom stereocenters. The summed E-state index contributed by atoms with van der Waals surface area (Å²) in [4.78, 5) is 0. The standard InChI is InChI=1S/C11H16Ge/c1-11(2,3)9-12-10-7-5-4-6-8-10/h4-8H,9H2,1-3H3. The van der Waals surface area contributed by atoms with Gasteiger partial charge in [0, 0.05) is 0 Å². The Morgan fingerprint density at radius 1 is 1.08 bits per heavy atom. The van der Waals surface area contributed by atoms with E-state index in [-0.39, 0.29) is 15.4 Å². The molecule has 0 amide bonds. The van der Waals surface area contributed by atoms with Gasteiger partial charge in [-0.2, -0.15) is 0 Å². The number of hydrogen-bond donors (Lipinski definition) is 0. The molecule has 0 aromatic heterocycles. The second kappa shape index (κ2) is 4.13. The van der Waals surface area contributed by atoms with Gasteiger partial charge in [-0.1, -0.05) is 0 Å². The first kappa shape index (κ1) is 9.85. The molecule has 0 bridgehead atoms. The van der Waals surface area contributed by atoms with Crippen LogP contribution in [0.2, 0.25) is 5.25 Å². The number of benzene rings is 1. The van der Waals surface area contributed by atoms with Gasteiger partial charge in [0.1, 0.15) is 0 Å². The van der Waals surface area contributed by atoms with Crippen molar-refractivity contribution in [3.8, 4) is 0 Å². The van der Waals surface area contributed by atoms with Crippen LogP contribution in [0.5, 0.6) is 0 Å². The number of hydrogen-bond acceptors (Lipinski definition) is 0. The quantitative estimate of drug-likeness (QED) is 0.672. The van der Waals surface area contributed by atoms with Gasteiger partial charge in [-0.05, 0) is 0 Å². The summed E-state index contributed by atoms with van der Waals surface area (Å²) >= 11 is 0.106. The molecule has 0 aliphatic heterocycles. The van der Waals surface area contributed by atoms with E-state index in [1.165, 1.54) is 5.25 Å². The molecule has 1 rings (SSSR count). The second-order valence-corrected chi connectivity index (χ2v) is 6.98. The van der Waals surface area contributed by atoms with Crippen LogP contribution in [0.15, 0.2) is 30.3 Å². The molecular weight excluding hydrogens is 205 g/mol. The van der Waals surface area contributed by atoms with E-state index in [4.69, 9.17) is 0 Å². The molecule has 0 saturated carbocycles. The normalized spacial score (nSPS) is 11.6. The predicted molar refractivity (Wildman–Crippen MR) is 56.1 cm³/mol. The van der Waals surface area contributed by atoms with E-state index in [1.807, 2.05) is 0 Å². The fourth-order valence-corrected chi connectivity index (χ4v) is 3.36. The molecule has 1 heteroatoms. The van der Waals surface area contributed by atoms with Crippen LogP contribution < -0.4 is 4.40 Å². The first-order valence-corrected chi connectivity index (χ1v) is 6.90. The topological polar surface area (TPSA) is 0 Å². The molecule has 0 fully saturated rings. The summed E-state index contributed by atoms with van der Waals surface area (Å²) in [5.41, 5.74) is 0.510. The van der Waals surface area contributed by atoms with Gasteiger partial charge < -0.3 is 0 Å². The van der Waals surface area contributed by atoms with Crippen LogP contribution in [0.4, 0.5) is 0 Å². The summed E-state index contributed by atoms with van der Waals surface area (Å²) in [6, 6.07) is 10.9. The molecule has 1 aromatic rings. The third kappa shape index (κ3) is 3.96. The van der Waals surface area contributed by atoms with Gasteiger partial charge in [0.15, 0.2) is 0 Å². The van der Waals surface area contributed by atoms with Crippen LogP contribution in [0.1, 0.15) is 20.8 Å². The average Bonchev–Trinajstić information content (AvgIpc) is 2.02. The Bertz CT molecular complexity index is 221. The maximum absolute atomic E-state index is 2.32. The molecule has 0 atom stereocenters. The summed E-state index contributed by atoms with van der Waals surface area (Å²) in [6.45, 7) is 6.96. The fourth-order valence-electron chi connectivity index (χ4n) is 0.923. The molecule has 0 saturated heterocycles. The van der Waals surface area contributed by atoms with E-state index in [9.17, 15) is 0 Å². The molecule has 0 heterocycles. The van der Waals surface area contributed by atoms with E-state index in [2.05, 4.69) is 51.1 Å². The van der Waals surface area contributed by atoms with Crippen molar-refractivity contribution in [2.75, 3.05) is 0 Å². The van der Waals surface area contributed by atoms with E-state index in [0.29, 0.717) is 5.41 Å². The fraction of sp³-hybridized carbons (Fsp3) is 0.455. The molecule has 2 radical (unpaired) electrons. The summed E-state index contributed by atoms with van der Waals surface area (Å²) in [5.74, 6) is 0. The molecule has 12 heavy (non-hydrogen) atoms. The minimum atomic E-state index is 0.106. The maximum atomic E-state index is 2.32. The Morgan fingerprint density at radius 3 is 2.17 bits per heavy atom. The first-order valence-electron chi connectivity index (χ1n) is 4.37. The summed E-state index contributed by atoms with van der Waals surface area (Å²) in [6.07, 6.45) is 0. The predicted octanol–water partition coefficient (Wildman–Crippen LogP) is 2.48. The zero-order valence-corrected chi connectivity index (χ0v) is 10.2. The average molecular weight is 221 g/mol. The van der Waals surface area contributed by atoms with Crippen molar-refractivity contribution in [1.82, 2.24) is 0 Å². The second-order valence-electron chi connectivity index (χ2n) is 4.28. The van der Waals surface area contributed by atoms with Gasteiger partial charge in [0.2, 0.25) is 0 Å². The molecule has 64 valence electrons. The molecule has 1 aromatic carbocycles. The van der Waals surface area contributed by atoms with Gasteiger partial charge >= 0.3 is 81.6 Å². The monoisotopic (exact) mass is 222 g/mol. The van der Waals surface area contributed by atoms with Gasteiger partial charge in [0.05, 0.1) is 0 Å². The van der Waals surface area contributed by atoms with Crippen molar-refractivity contribution in [2.45, 2.75) is 26.0 Å². The zero-order chi connectivity index (χ0) is 9.03. The Kier molecular flexibility index (Phi) is 3.39. The van der Waals surface area contributed by atoms with Gasteiger partial charge in [0.25, 0.3) is 0 Å². The third-order valence-corrected chi connectivity index (χ3v) is 5.75. The Morgan fingerprint density at radius 2 is 1.67 bits per heavy atom. The van der Waals surface area contributed by atoms with Crippen molar-refractivity contribution in [2.24, 2.45) is 5.41 Å². The molecular formula is C11H16Ge. The SMILES string of the molecule is CC(C)(C)[CH2][Ge][c]1ccccc1. The molecule has 0 nitrogen and oxygen atoms in total. The van der Waals surface area contributed by atoms with E-state index in [0.717, 1.165) is 0 Å². The van der Waals surface area contributed by atoms with E-state index >= 15 is 0 Å². The summed E-state index contributed by atoms with van der Waals surface area (Å²) < 4.78 is 1.58. The Labute approximate surface area is 81.9 Å². The van der Waals surface area contributed by atoms with Crippen molar-refractivity contribution >= 4 is 19.8 Å². The summed E-state index contributed by atoms with van der Waals surface area (Å²) in [7, 11) is 0. The van der Waals surface area contributed by atoms with Crippen LogP contribution in [0.25, 0.3) is 0 Å². The van der Waals surface area contributed by atoms with Crippen LogP contribution in [0.3, 0.4) is 0 Å². The van der Waals surface area contributed by atoms with Crippen molar-refractivity contribution in [3.05, 3.63) is 30.3 Å². The Hall–Kier alpha value is -0.237. The first-order chi connectivity index (χ1) is 5.58. The Balaban J connectivity index is 2.44. The van der Waals surface area contributed by atoms with Gasteiger partial charge in [-0.15, -0.1) is 0 Å². The molecule has 0 aliphatic rings. The van der Waals surface area contributed by atoms with Crippen LogP contribution in [-0.4, -0.2) is 15.4 Å². The van der Waals surface area contributed by atoms with Crippen LogP contribution in [0, 0.1) is 5.41 Å².